The number of guanidine groups is 1. The minimum atomic E-state index is 0. The van der Waals surface area contributed by atoms with E-state index in [0.29, 0.717) is 13.2 Å². The van der Waals surface area contributed by atoms with Crippen LogP contribution in [0.1, 0.15) is 44.1 Å². The molecule has 0 aromatic heterocycles. The van der Waals surface area contributed by atoms with Crippen molar-refractivity contribution >= 4 is 29.9 Å². The first kappa shape index (κ1) is 24.4. The predicted octanol–water partition coefficient (Wildman–Crippen LogP) is 3.25. The Morgan fingerprint density at radius 1 is 1.13 bits per heavy atom. The summed E-state index contributed by atoms with van der Waals surface area (Å²) >= 11 is 0. The molecule has 31 heavy (non-hydrogen) atoms. The van der Waals surface area contributed by atoms with E-state index >= 15 is 0 Å². The zero-order valence-corrected chi connectivity index (χ0v) is 20.8. The first-order valence-corrected chi connectivity index (χ1v) is 11.3. The van der Waals surface area contributed by atoms with Crippen LogP contribution in [0.3, 0.4) is 0 Å². The number of benzene rings is 1. The van der Waals surface area contributed by atoms with Crippen LogP contribution in [-0.2, 0) is 14.9 Å². The van der Waals surface area contributed by atoms with Crippen molar-refractivity contribution in [2.75, 3.05) is 53.2 Å². The molecule has 174 valence electrons. The topological polar surface area (TPSA) is 73.3 Å². The lowest BCUT2D eigenvalue weighted by atomic mass is 9.78. The number of fused-ring (bicyclic) bond motifs is 1. The number of halogens is 1. The normalized spacial score (nSPS) is 22.1. The highest BCUT2D eigenvalue weighted by Crippen LogP contribution is 2.43. The molecule has 1 unspecified atom stereocenters. The van der Waals surface area contributed by atoms with Gasteiger partial charge in [0.1, 0.15) is 13.2 Å². The largest absolute Gasteiger partial charge is 0.486 e. The summed E-state index contributed by atoms with van der Waals surface area (Å²) in [6, 6.07) is 6.45. The lowest BCUT2D eigenvalue weighted by Gasteiger charge is -2.32. The van der Waals surface area contributed by atoms with Crippen LogP contribution in [0.15, 0.2) is 23.2 Å². The van der Waals surface area contributed by atoms with E-state index in [4.69, 9.17) is 18.9 Å². The van der Waals surface area contributed by atoms with Gasteiger partial charge in [0.05, 0.1) is 12.7 Å². The Labute approximate surface area is 202 Å². The van der Waals surface area contributed by atoms with Crippen LogP contribution in [0, 0.1) is 0 Å². The van der Waals surface area contributed by atoms with Gasteiger partial charge in [0.15, 0.2) is 17.5 Å². The minimum absolute atomic E-state index is 0. The number of nitrogens with zero attached hydrogens (tertiary/aromatic N) is 1. The summed E-state index contributed by atoms with van der Waals surface area (Å²) < 4.78 is 22.7. The van der Waals surface area contributed by atoms with Crippen molar-refractivity contribution in [3.8, 4) is 11.5 Å². The predicted molar refractivity (Wildman–Crippen MR) is 132 cm³/mol. The number of hydrogen-bond donors (Lipinski definition) is 2. The van der Waals surface area contributed by atoms with Gasteiger partial charge in [-0.25, -0.2) is 0 Å². The van der Waals surface area contributed by atoms with Gasteiger partial charge in [-0.2, -0.15) is 0 Å². The Hall–Kier alpha value is -1.26. The number of ether oxygens (including phenoxy) is 4. The van der Waals surface area contributed by atoms with Gasteiger partial charge < -0.3 is 29.6 Å². The van der Waals surface area contributed by atoms with Crippen LogP contribution in [0.2, 0.25) is 0 Å². The summed E-state index contributed by atoms with van der Waals surface area (Å²) in [6.07, 6.45) is 7.09. The second-order valence-electron chi connectivity index (χ2n) is 8.41. The molecular formula is C23H36IN3O4. The molecule has 1 saturated heterocycles. The van der Waals surface area contributed by atoms with Gasteiger partial charge in [0, 0.05) is 38.8 Å². The van der Waals surface area contributed by atoms with E-state index in [1.165, 1.54) is 31.2 Å². The SMILES string of the molecule is CN=C(NCCCOC1CCOC1)NCC1(c2ccc3c(c2)OCCO3)CCCC1.I. The van der Waals surface area contributed by atoms with Crippen LogP contribution in [0.4, 0.5) is 0 Å². The zero-order chi connectivity index (χ0) is 20.7. The third kappa shape index (κ3) is 6.38. The standard InChI is InChI=1S/C23H35N3O4.HI/c1-24-22(25-10-4-11-28-19-7-12-27-16-19)26-17-23(8-2-3-9-23)18-5-6-20-21(15-18)30-14-13-29-20;/h5-6,15,19H,2-4,7-14,16-17H2,1H3,(H2,24,25,26);1H. The van der Waals surface area contributed by atoms with Gasteiger partial charge in [0.2, 0.25) is 0 Å². The quantitative estimate of drug-likeness (QED) is 0.226. The van der Waals surface area contributed by atoms with Gasteiger partial charge >= 0.3 is 0 Å². The number of aliphatic imine (C=N–C) groups is 1. The second-order valence-corrected chi connectivity index (χ2v) is 8.41. The van der Waals surface area contributed by atoms with Gasteiger partial charge in [-0.1, -0.05) is 18.9 Å². The molecule has 4 rings (SSSR count). The highest BCUT2D eigenvalue weighted by molar-refractivity contribution is 14.0. The fraction of sp³-hybridized carbons (Fsp3) is 0.696. The number of hydrogen-bond acceptors (Lipinski definition) is 5. The monoisotopic (exact) mass is 545 g/mol. The molecule has 7 nitrogen and oxygen atoms in total. The Morgan fingerprint density at radius 3 is 2.68 bits per heavy atom. The average molecular weight is 545 g/mol. The maximum Gasteiger partial charge on any atom is 0.191 e. The van der Waals surface area contributed by atoms with E-state index in [-0.39, 0.29) is 35.5 Å². The Bertz CT molecular complexity index is 719. The smallest absolute Gasteiger partial charge is 0.191 e. The van der Waals surface area contributed by atoms with E-state index in [0.717, 1.165) is 63.2 Å². The molecule has 3 aliphatic rings. The summed E-state index contributed by atoms with van der Waals surface area (Å²) in [4.78, 5) is 4.41. The fourth-order valence-electron chi connectivity index (χ4n) is 4.64. The van der Waals surface area contributed by atoms with Crippen molar-refractivity contribution in [3.63, 3.8) is 0 Å². The first-order chi connectivity index (χ1) is 14.8. The van der Waals surface area contributed by atoms with Gasteiger partial charge in [-0.15, -0.1) is 24.0 Å². The second kappa shape index (κ2) is 12.1. The van der Waals surface area contributed by atoms with E-state index in [2.05, 4.69) is 33.8 Å². The summed E-state index contributed by atoms with van der Waals surface area (Å²) in [6.45, 7) is 5.26. The molecule has 2 fully saturated rings. The van der Waals surface area contributed by atoms with Crippen LogP contribution in [0.25, 0.3) is 0 Å². The Morgan fingerprint density at radius 2 is 1.94 bits per heavy atom. The van der Waals surface area contributed by atoms with Crippen molar-refractivity contribution in [2.24, 2.45) is 4.99 Å². The van der Waals surface area contributed by atoms with E-state index in [1.807, 2.05) is 7.05 Å². The van der Waals surface area contributed by atoms with Crippen molar-refractivity contribution < 1.29 is 18.9 Å². The summed E-state index contributed by atoms with van der Waals surface area (Å²) in [5.74, 6) is 2.58. The van der Waals surface area contributed by atoms with Crippen molar-refractivity contribution in [1.29, 1.82) is 0 Å². The molecule has 1 aromatic carbocycles. The lowest BCUT2D eigenvalue weighted by molar-refractivity contribution is 0.0420. The van der Waals surface area contributed by atoms with Gasteiger partial charge in [-0.05, 0) is 43.4 Å². The van der Waals surface area contributed by atoms with Crippen molar-refractivity contribution in [3.05, 3.63) is 23.8 Å². The molecule has 2 aliphatic heterocycles. The van der Waals surface area contributed by atoms with Gasteiger partial charge in [-0.3, -0.25) is 4.99 Å². The number of rotatable bonds is 8. The molecule has 1 atom stereocenters. The highest BCUT2D eigenvalue weighted by Gasteiger charge is 2.36. The molecule has 0 radical (unpaired) electrons. The van der Waals surface area contributed by atoms with Crippen LogP contribution in [0.5, 0.6) is 11.5 Å². The maximum atomic E-state index is 5.83. The van der Waals surface area contributed by atoms with Crippen molar-refractivity contribution in [1.82, 2.24) is 10.6 Å². The average Bonchev–Trinajstić information content (AvgIpc) is 3.48. The number of nitrogens with one attached hydrogen (secondary N) is 2. The maximum absolute atomic E-state index is 5.83. The van der Waals surface area contributed by atoms with E-state index in [1.54, 1.807) is 0 Å². The molecule has 8 heteroatoms. The summed E-state index contributed by atoms with van der Waals surface area (Å²) in [7, 11) is 1.83. The Kier molecular flexibility index (Phi) is 9.52. The summed E-state index contributed by atoms with van der Waals surface area (Å²) in [5, 5.41) is 6.99. The highest BCUT2D eigenvalue weighted by atomic mass is 127. The third-order valence-corrected chi connectivity index (χ3v) is 6.39. The molecule has 0 amide bonds. The first-order valence-electron chi connectivity index (χ1n) is 11.3. The minimum Gasteiger partial charge on any atom is -0.486 e. The summed E-state index contributed by atoms with van der Waals surface area (Å²) in [5.41, 5.74) is 1.44. The van der Waals surface area contributed by atoms with Crippen molar-refractivity contribution in [2.45, 2.75) is 50.0 Å². The Balaban J connectivity index is 0.00000272. The molecule has 1 aliphatic carbocycles. The lowest BCUT2D eigenvalue weighted by Crippen LogP contribution is -2.45. The van der Waals surface area contributed by atoms with Gasteiger partial charge in [0.25, 0.3) is 0 Å². The fourth-order valence-corrected chi connectivity index (χ4v) is 4.64. The molecule has 1 aromatic rings. The van der Waals surface area contributed by atoms with Crippen LogP contribution < -0.4 is 20.1 Å². The zero-order valence-electron chi connectivity index (χ0n) is 18.5. The molecule has 2 N–H and O–H groups in total. The van der Waals surface area contributed by atoms with E-state index < -0.39 is 0 Å². The molecule has 1 saturated carbocycles. The molecular weight excluding hydrogens is 509 g/mol. The van der Waals surface area contributed by atoms with Crippen LogP contribution >= 0.6 is 24.0 Å². The van der Waals surface area contributed by atoms with E-state index in [9.17, 15) is 0 Å². The molecule has 0 bridgehead atoms. The molecule has 0 spiro atoms. The molecule has 2 heterocycles. The third-order valence-electron chi connectivity index (χ3n) is 6.39. The van der Waals surface area contributed by atoms with Crippen LogP contribution in [-0.4, -0.2) is 65.2 Å².